The third-order valence-electron chi connectivity index (χ3n) is 5.81. The normalized spacial score (nSPS) is 19.3. The van der Waals surface area contributed by atoms with Crippen LogP contribution in [-0.4, -0.2) is 64.7 Å². The topological polar surface area (TPSA) is 65.9 Å². The second-order valence-electron chi connectivity index (χ2n) is 9.31. The zero-order valence-electron chi connectivity index (χ0n) is 20.3. The quantitative estimate of drug-likeness (QED) is 0.685. The van der Waals surface area contributed by atoms with Crippen LogP contribution in [0, 0.1) is 23.7 Å². The molecule has 1 aromatic heterocycles. The predicted molar refractivity (Wildman–Crippen MR) is 130 cm³/mol. The van der Waals surface area contributed by atoms with E-state index in [2.05, 4.69) is 47.8 Å². The summed E-state index contributed by atoms with van der Waals surface area (Å²) in [5.41, 5.74) is 2.31. The predicted octanol–water partition coefficient (Wildman–Crippen LogP) is 3.44. The van der Waals surface area contributed by atoms with E-state index in [1.807, 2.05) is 39.0 Å². The molecule has 3 rings (SSSR count). The average Bonchev–Trinajstić information content (AvgIpc) is 2.80. The van der Waals surface area contributed by atoms with Gasteiger partial charge in [0, 0.05) is 43.2 Å². The van der Waals surface area contributed by atoms with E-state index >= 15 is 0 Å². The number of amides is 1. The third kappa shape index (κ3) is 6.56. The van der Waals surface area contributed by atoms with Crippen LogP contribution in [0.2, 0.25) is 0 Å². The summed E-state index contributed by atoms with van der Waals surface area (Å²) < 4.78 is 6.36. The average molecular weight is 450 g/mol. The van der Waals surface area contributed by atoms with E-state index in [9.17, 15) is 9.90 Å². The van der Waals surface area contributed by atoms with Crippen molar-refractivity contribution in [3.63, 3.8) is 0 Å². The first-order valence-electron chi connectivity index (χ1n) is 11.6. The lowest BCUT2D eigenvalue weighted by atomic mass is 9.99. The molecule has 0 saturated carbocycles. The van der Waals surface area contributed by atoms with E-state index in [0.717, 1.165) is 6.54 Å². The Morgan fingerprint density at radius 3 is 2.67 bits per heavy atom. The highest BCUT2D eigenvalue weighted by atomic mass is 16.5. The van der Waals surface area contributed by atoms with Crippen molar-refractivity contribution in [1.29, 1.82) is 0 Å². The molecule has 1 aliphatic rings. The smallest absolute Gasteiger partial charge is 0.259 e. The number of ether oxygens (including phenoxy) is 1. The van der Waals surface area contributed by atoms with Gasteiger partial charge in [-0.3, -0.25) is 9.69 Å². The second-order valence-corrected chi connectivity index (χ2v) is 9.31. The molecule has 1 aliphatic heterocycles. The number of hydrogen-bond donors (Lipinski definition) is 1. The summed E-state index contributed by atoms with van der Waals surface area (Å²) in [5, 5.41) is 9.81. The third-order valence-corrected chi connectivity index (χ3v) is 5.81. The molecule has 0 saturated heterocycles. The number of carbonyl (C=O) groups is 1. The molecule has 1 aromatic carbocycles. The van der Waals surface area contributed by atoms with Gasteiger partial charge in [0.25, 0.3) is 5.91 Å². The van der Waals surface area contributed by atoms with Crippen molar-refractivity contribution >= 4 is 5.91 Å². The Hall–Kier alpha value is -2.88. The van der Waals surface area contributed by atoms with Gasteiger partial charge in [-0.1, -0.05) is 62.9 Å². The van der Waals surface area contributed by atoms with Crippen molar-refractivity contribution in [2.75, 3.05) is 26.7 Å². The molecule has 0 unspecified atom stereocenters. The number of pyridine rings is 1. The Bertz CT molecular complexity index is 997. The van der Waals surface area contributed by atoms with E-state index in [1.165, 1.54) is 5.56 Å². The first-order chi connectivity index (χ1) is 15.8. The standard InChI is InChI=1S/C27H35N3O3/c1-19(2)11-12-23-13-24-26(28-14-23)33-25(17-29(5)16-22-9-7-6-8-10-22)20(3)15-30(27(24)32)21(4)18-31/h6-10,13-14,19-21,25,31H,15-18H2,1-5H3/t20-,21-,25+/m0/s1. The highest BCUT2D eigenvalue weighted by molar-refractivity contribution is 5.97. The molecule has 2 heterocycles. The molecule has 3 atom stereocenters. The number of aliphatic hydroxyl groups excluding tert-OH is 1. The second kappa shape index (κ2) is 11.3. The molecule has 0 aliphatic carbocycles. The maximum atomic E-state index is 13.4. The number of likely N-dealkylation sites (N-methyl/N-ethyl adjacent to an activating group) is 1. The summed E-state index contributed by atoms with van der Waals surface area (Å²) in [6.07, 6.45) is 1.50. The van der Waals surface area contributed by atoms with Crippen molar-refractivity contribution < 1.29 is 14.6 Å². The Morgan fingerprint density at radius 2 is 2.00 bits per heavy atom. The van der Waals surface area contributed by atoms with Crippen molar-refractivity contribution in [2.45, 2.75) is 46.4 Å². The van der Waals surface area contributed by atoms with Crippen molar-refractivity contribution in [2.24, 2.45) is 11.8 Å². The van der Waals surface area contributed by atoms with Gasteiger partial charge >= 0.3 is 0 Å². The molecule has 0 radical (unpaired) electrons. The van der Waals surface area contributed by atoms with Crippen LogP contribution >= 0.6 is 0 Å². The number of aromatic nitrogens is 1. The maximum absolute atomic E-state index is 13.4. The molecule has 1 N–H and O–H groups in total. The van der Waals surface area contributed by atoms with Crippen LogP contribution in [0.4, 0.5) is 0 Å². The summed E-state index contributed by atoms with van der Waals surface area (Å²) in [6.45, 7) is 9.85. The molecule has 6 nitrogen and oxygen atoms in total. The van der Waals surface area contributed by atoms with Crippen LogP contribution in [0.1, 0.15) is 49.2 Å². The van der Waals surface area contributed by atoms with Gasteiger partial charge in [0.2, 0.25) is 5.88 Å². The van der Waals surface area contributed by atoms with E-state index in [-0.39, 0.29) is 36.5 Å². The molecular formula is C27H35N3O3. The fourth-order valence-corrected chi connectivity index (χ4v) is 3.88. The van der Waals surface area contributed by atoms with Gasteiger partial charge in [-0.15, -0.1) is 0 Å². The lowest BCUT2D eigenvalue weighted by Crippen LogP contribution is -2.49. The first-order valence-corrected chi connectivity index (χ1v) is 11.6. The van der Waals surface area contributed by atoms with Gasteiger partial charge in [0.05, 0.1) is 12.6 Å². The van der Waals surface area contributed by atoms with E-state index in [1.54, 1.807) is 17.2 Å². The van der Waals surface area contributed by atoms with Gasteiger partial charge < -0.3 is 14.7 Å². The molecular weight excluding hydrogens is 414 g/mol. The number of aliphatic hydroxyl groups is 1. The largest absolute Gasteiger partial charge is 0.472 e. The van der Waals surface area contributed by atoms with Gasteiger partial charge in [0.15, 0.2) is 0 Å². The van der Waals surface area contributed by atoms with Crippen LogP contribution < -0.4 is 4.74 Å². The molecule has 0 fully saturated rings. The van der Waals surface area contributed by atoms with E-state index in [4.69, 9.17) is 4.74 Å². The number of rotatable bonds is 6. The number of benzene rings is 1. The zero-order chi connectivity index (χ0) is 24.0. The fraction of sp³-hybridized carbons (Fsp3) is 0.481. The van der Waals surface area contributed by atoms with Crippen LogP contribution in [0.5, 0.6) is 5.88 Å². The molecule has 33 heavy (non-hydrogen) atoms. The zero-order valence-corrected chi connectivity index (χ0v) is 20.3. The van der Waals surface area contributed by atoms with Gasteiger partial charge in [0.1, 0.15) is 11.7 Å². The van der Waals surface area contributed by atoms with Crippen LogP contribution in [-0.2, 0) is 6.54 Å². The van der Waals surface area contributed by atoms with Crippen molar-refractivity contribution in [1.82, 2.24) is 14.8 Å². The number of hydrogen-bond acceptors (Lipinski definition) is 5. The molecule has 2 aromatic rings. The minimum atomic E-state index is -0.306. The van der Waals surface area contributed by atoms with Gasteiger partial charge in [-0.2, -0.15) is 0 Å². The lowest BCUT2D eigenvalue weighted by Gasteiger charge is -2.37. The molecule has 0 spiro atoms. The fourth-order valence-electron chi connectivity index (χ4n) is 3.88. The molecule has 1 amide bonds. The van der Waals surface area contributed by atoms with Crippen molar-refractivity contribution in [3.05, 3.63) is 59.3 Å². The SMILES string of the molecule is CC(C)C#Cc1cnc2c(c1)C(=O)N([C@@H](C)CO)C[C@H](C)[C@@H](CN(C)Cc1ccccc1)O2. The minimum Gasteiger partial charge on any atom is -0.472 e. The van der Waals surface area contributed by atoms with Crippen LogP contribution in [0.25, 0.3) is 0 Å². The molecule has 6 heteroatoms. The number of nitrogens with zero attached hydrogens (tertiary/aromatic N) is 3. The Balaban J connectivity index is 1.91. The highest BCUT2D eigenvalue weighted by Gasteiger charge is 2.34. The molecule has 0 bridgehead atoms. The Labute approximate surface area is 197 Å². The van der Waals surface area contributed by atoms with Gasteiger partial charge in [-0.25, -0.2) is 4.98 Å². The summed E-state index contributed by atoms with van der Waals surface area (Å²) in [7, 11) is 2.07. The Morgan fingerprint density at radius 1 is 1.27 bits per heavy atom. The summed E-state index contributed by atoms with van der Waals surface area (Å²) >= 11 is 0. The number of fused-ring (bicyclic) bond motifs is 1. The Kier molecular flexibility index (Phi) is 8.49. The van der Waals surface area contributed by atoms with E-state index in [0.29, 0.717) is 30.1 Å². The monoisotopic (exact) mass is 449 g/mol. The van der Waals surface area contributed by atoms with Crippen molar-refractivity contribution in [3.8, 4) is 17.7 Å². The maximum Gasteiger partial charge on any atom is 0.259 e. The number of carbonyl (C=O) groups excluding carboxylic acids is 1. The van der Waals surface area contributed by atoms with E-state index < -0.39 is 0 Å². The van der Waals surface area contributed by atoms with Crippen LogP contribution in [0.3, 0.4) is 0 Å². The molecule has 176 valence electrons. The summed E-state index contributed by atoms with van der Waals surface area (Å²) in [5.74, 6) is 6.62. The van der Waals surface area contributed by atoms with Crippen LogP contribution in [0.15, 0.2) is 42.6 Å². The summed E-state index contributed by atoms with van der Waals surface area (Å²) in [6, 6.07) is 11.8. The first kappa shape index (κ1) is 24.8. The lowest BCUT2D eigenvalue weighted by molar-refractivity contribution is 0.0325. The summed E-state index contributed by atoms with van der Waals surface area (Å²) in [4.78, 5) is 21.9. The van der Waals surface area contributed by atoms with Gasteiger partial charge in [-0.05, 0) is 25.6 Å². The highest BCUT2D eigenvalue weighted by Crippen LogP contribution is 2.27. The minimum absolute atomic E-state index is 0.0523.